The van der Waals surface area contributed by atoms with Crippen molar-refractivity contribution < 1.29 is 4.79 Å². The smallest absolute Gasteiger partial charge is 0.270 e. The van der Waals surface area contributed by atoms with Crippen LogP contribution < -0.4 is 10.2 Å². The maximum absolute atomic E-state index is 12.4. The first-order valence-corrected chi connectivity index (χ1v) is 8.68. The lowest BCUT2D eigenvalue weighted by Crippen LogP contribution is -2.27. The number of hydrogen-bond acceptors (Lipinski definition) is 3. The highest BCUT2D eigenvalue weighted by Crippen LogP contribution is 2.15. The first kappa shape index (κ1) is 18.0. The monoisotopic (exact) mass is 325 g/mol. The molecule has 128 valence electrons. The Bertz CT molecular complexity index is 646. The van der Waals surface area contributed by atoms with E-state index in [0.717, 1.165) is 37.2 Å². The van der Waals surface area contributed by atoms with Crippen LogP contribution >= 0.6 is 0 Å². The molecule has 0 aliphatic carbocycles. The molecule has 4 heteroatoms. The van der Waals surface area contributed by atoms with Crippen molar-refractivity contribution in [1.29, 1.82) is 0 Å². The molecule has 24 heavy (non-hydrogen) atoms. The predicted molar refractivity (Wildman–Crippen MR) is 99.4 cm³/mol. The van der Waals surface area contributed by atoms with Crippen LogP contribution in [0.1, 0.15) is 48.3 Å². The molecule has 0 aliphatic rings. The maximum Gasteiger partial charge on any atom is 0.270 e. The van der Waals surface area contributed by atoms with Gasteiger partial charge in [-0.3, -0.25) is 9.78 Å². The normalized spacial score (nSPS) is 10.5. The van der Waals surface area contributed by atoms with Crippen molar-refractivity contribution in [2.75, 3.05) is 18.0 Å². The summed E-state index contributed by atoms with van der Waals surface area (Å²) in [6.45, 7) is 8.87. The van der Waals surface area contributed by atoms with Crippen molar-refractivity contribution in [1.82, 2.24) is 10.3 Å². The highest BCUT2D eigenvalue weighted by Gasteiger charge is 2.11. The molecule has 0 saturated carbocycles. The van der Waals surface area contributed by atoms with Gasteiger partial charge in [-0.05, 0) is 37.5 Å². The zero-order chi connectivity index (χ0) is 17.4. The molecule has 1 N–H and O–H groups in total. The molecule has 1 aromatic carbocycles. The summed E-state index contributed by atoms with van der Waals surface area (Å²) >= 11 is 0. The molecule has 0 unspecified atom stereocenters. The molecule has 1 amide bonds. The minimum absolute atomic E-state index is 0.134. The van der Waals surface area contributed by atoms with Crippen molar-refractivity contribution in [3.05, 3.63) is 59.4 Å². The van der Waals surface area contributed by atoms with Crippen molar-refractivity contribution in [2.24, 2.45) is 0 Å². The Balaban J connectivity index is 2.03. The molecular weight excluding hydrogens is 298 g/mol. The second kappa shape index (κ2) is 9.06. The summed E-state index contributed by atoms with van der Waals surface area (Å²) in [6.07, 6.45) is 3.88. The largest absolute Gasteiger partial charge is 0.371 e. The highest BCUT2D eigenvalue weighted by atomic mass is 16.1. The zero-order valence-corrected chi connectivity index (χ0v) is 14.9. The fourth-order valence-electron chi connectivity index (χ4n) is 2.63. The van der Waals surface area contributed by atoms with Crippen molar-refractivity contribution in [3.63, 3.8) is 0 Å². The molecule has 0 spiro atoms. The Morgan fingerprint density at radius 2 is 1.75 bits per heavy atom. The van der Waals surface area contributed by atoms with E-state index in [9.17, 15) is 4.79 Å². The number of pyridine rings is 1. The molecule has 4 nitrogen and oxygen atoms in total. The van der Waals surface area contributed by atoms with Gasteiger partial charge < -0.3 is 10.2 Å². The number of anilines is 1. The summed E-state index contributed by atoms with van der Waals surface area (Å²) in [5.41, 5.74) is 3.83. The summed E-state index contributed by atoms with van der Waals surface area (Å²) in [6, 6.07) is 12.0. The van der Waals surface area contributed by atoms with E-state index in [4.69, 9.17) is 0 Å². The first-order valence-electron chi connectivity index (χ1n) is 8.68. The molecular formula is C20H27N3O. The van der Waals surface area contributed by atoms with Crippen LogP contribution in [0.5, 0.6) is 0 Å². The van der Waals surface area contributed by atoms with Gasteiger partial charge in [-0.1, -0.05) is 43.7 Å². The molecule has 0 fully saturated rings. The van der Waals surface area contributed by atoms with Gasteiger partial charge in [0.05, 0.1) is 0 Å². The van der Waals surface area contributed by atoms with Crippen LogP contribution in [0.15, 0.2) is 42.6 Å². The third-order valence-electron chi connectivity index (χ3n) is 3.90. The predicted octanol–water partition coefficient (Wildman–Crippen LogP) is 3.95. The number of benzene rings is 1. The quantitative estimate of drug-likeness (QED) is 0.799. The zero-order valence-electron chi connectivity index (χ0n) is 14.9. The van der Waals surface area contributed by atoms with E-state index in [-0.39, 0.29) is 5.91 Å². The number of amides is 1. The first-order chi connectivity index (χ1) is 11.6. The van der Waals surface area contributed by atoms with Gasteiger partial charge in [0.1, 0.15) is 5.69 Å². The Hall–Kier alpha value is -2.36. The van der Waals surface area contributed by atoms with Gasteiger partial charge in [0.15, 0.2) is 0 Å². The van der Waals surface area contributed by atoms with Gasteiger partial charge >= 0.3 is 0 Å². The Morgan fingerprint density at radius 1 is 1.08 bits per heavy atom. The van der Waals surface area contributed by atoms with Gasteiger partial charge in [0.2, 0.25) is 0 Å². The van der Waals surface area contributed by atoms with Crippen LogP contribution in [0.3, 0.4) is 0 Å². The standard InChI is InChI=1S/C20H27N3O/c1-4-12-23(13-5-2)18-10-11-21-19(14-18)20(24)22-15-17-8-6-16(3)7-9-17/h6-11,14H,4-5,12-13,15H2,1-3H3,(H,22,24). The minimum atomic E-state index is -0.134. The average Bonchev–Trinajstić information content (AvgIpc) is 2.61. The molecule has 1 aromatic heterocycles. The molecule has 0 bridgehead atoms. The summed E-state index contributed by atoms with van der Waals surface area (Å²) in [4.78, 5) is 18.9. The summed E-state index contributed by atoms with van der Waals surface area (Å²) in [5, 5.41) is 2.94. The van der Waals surface area contributed by atoms with Crippen LogP contribution in [-0.2, 0) is 6.54 Å². The van der Waals surface area contributed by atoms with Crippen LogP contribution in [0.25, 0.3) is 0 Å². The van der Waals surface area contributed by atoms with E-state index in [1.807, 2.05) is 36.4 Å². The number of nitrogens with zero attached hydrogens (tertiary/aromatic N) is 2. The molecule has 1 heterocycles. The number of aromatic nitrogens is 1. The SMILES string of the molecule is CCCN(CCC)c1ccnc(C(=O)NCc2ccc(C)cc2)c1. The van der Waals surface area contributed by atoms with Gasteiger partial charge in [-0.25, -0.2) is 0 Å². The minimum Gasteiger partial charge on any atom is -0.371 e. The van der Waals surface area contributed by atoms with E-state index >= 15 is 0 Å². The molecule has 2 aromatic rings. The van der Waals surface area contributed by atoms with E-state index < -0.39 is 0 Å². The molecule has 0 radical (unpaired) electrons. The molecule has 0 saturated heterocycles. The second-order valence-corrected chi connectivity index (χ2v) is 6.05. The second-order valence-electron chi connectivity index (χ2n) is 6.05. The van der Waals surface area contributed by atoms with Crippen LogP contribution in [0, 0.1) is 6.92 Å². The third-order valence-corrected chi connectivity index (χ3v) is 3.90. The fraction of sp³-hybridized carbons (Fsp3) is 0.400. The molecule has 0 atom stereocenters. The van der Waals surface area contributed by atoms with Gasteiger partial charge in [-0.2, -0.15) is 0 Å². The van der Waals surface area contributed by atoms with Gasteiger partial charge in [0.25, 0.3) is 5.91 Å². The van der Waals surface area contributed by atoms with E-state index in [2.05, 4.69) is 36.0 Å². The summed E-state index contributed by atoms with van der Waals surface area (Å²) in [5.74, 6) is -0.134. The van der Waals surface area contributed by atoms with Crippen molar-refractivity contribution in [2.45, 2.75) is 40.2 Å². The van der Waals surface area contributed by atoms with Crippen LogP contribution in [0.2, 0.25) is 0 Å². The van der Waals surface area contributed by atoms with Gasteiger partial charge in [-0.15, -0.1) is 0 Å². The number of aryl methyl sites for hydroxylation is 1. The fourth-order valence-corrected chi connectivity index (χ4v) is 2.63. The molecule has 2 rings (SSSR count). The topological polar surface area (TPSA) is 45.2 Å². The van der Waals surface area contributed by atoms with Gasteiger partial charge in [0, 0.05) is 31.5 Å². The van der Waals surface area contributed by atoms with E-state index in [0.29, 0.717) is 12.2 Å². The Kier molecular flexibility index (Phi) is 6.79. The third kappa shape index (κ3) is 5.08. The lowest BCUT2D eigenvalue weighted by Gasteiger charge is -2.23. The number of carbonyl (C=O) groups is 1. The Labute approximate surface area is 144 Å². The lowest BCUT2D eigenvalue weighted by atomic mass is 10.1. The highest BCUT2D eigenvalue weighted by molar-refractivity contribution is 5.93. The average molecular weight is 325 g/mol. The lowest BCUT2D eigenvalue weighted by molar-refractivity contribution is 0.0946. The Morgan fingerprint density at radius 3 is 2.38 bits per heavy atom. The van der Waals surface area contributed by atoms with Crippen LogP contribution in [-0.4, -0.2) is 24.0 Å². The van der Waals surface area contributed by atoms with Crippen molar-refractivity contribution in [3.8, 4) is 0 Å². The summed E-state index contributed by atoms with van der Waals surface area (Å²) in [7, 11) is 0. The number of nitrogens with one attached hydrogen (secondary N) is 1. The van der Waals surface area contributed by atoms with E-state index in [1.54, 1.807) is 6.20 Å². The maximum atomic E-state index is 12.4. The number of hydrogen-bond donors (Lipinski definition) is 1. The molecule has 0 aliphatic heterocycles. The summed E-state index contributed by atoms with van der Waals surface area (Å²) < 4.78 is 0. The number of carbonyl (C=O) groups excluding carboxylic acids is 1. The van der Waals surface area contributed by atoms with Crippen LogP contribution in [0.4, 0.5) is 5.69 Å². The number of rotatable bonds is 8. The van der Waals surface area contributed by atoms with E-state index in [1.165, 1.54) is 5.56 Å². The van der Waals surface area contributed by atoms with Crippen molar-refractivity contribution >= 4 is 11.6 Å².